The summed E-state index contributed by atoms with van der Waals surface area (Å²) >= 11 is 0. The van der Waals surface area contributed by atoms with Gasteiger partial charge in [-0.3, -0.25) is 5.10 Å². The van der Waals surface area contributed by atoms with Gasteiger partial charge in [0.15, 0.2) is 0 Å². The number of nitrogens with zero attached hydrogens (tertiary/aromatic N) is 1. The lowest BCUT2D eigenvalue weighted by Crippen LogP contribution is -1.91. The molecular weight excluding hydrogens is 260 g/mol. The van der Waals surface area contributed by atoms with E-state index in [1.807, 2.05) is 12.1 Å². The predicted molar refractivity (Wildman–Crippen MR) is 85.4 cm³/mol. The molecule has 0 spiro atoms. The van der Waals surface area contributed by atoms with E-state index in [0.29, 0.717) is 0 Å². The van der Waals surface area contributed by atoms with Crippen LogP contribution >= 0.6 is 0 Å². The number of nitrogens with one attached hydrogen (secondary N) is 1. The molecule has 1 aromatic heterocycles. The van der Waals surface area contributed by atoms with Crippen LogP contribution in [0.3, 0.4) is 0 Å². The van der Waals surface area contributed by atoms with E-state index in [1.54, 1.807) is 13.3 Å². The molecule has 2 aromatic carbocycles. The molecule has 0 radical (unpaired) electrons. The van der Waals surface area contributed by atoms with Crippen molar-refractivity contribution in [3.05, 3.63) is 60.3 Å². The van der Waals surface area contributed by atoms with Gasteiger partial charge in [0.1, 0.15) is 5.75 Å². The summed E-state index contributed by atoms with van der Waals surface area (Å²) in [4.78, 5) is 0. The molecule has 106 valence electrons. The fourth-order valence-corrected chi connectivity index (χ4v) is 2.55. The number of hydrogen-bond acceptors (Lipinski definition) is 2. The Balaban J connectivity index is 2.16. The Morgan fingerprint density at radius 1 is 1.05 bits per heavy atom. The van der Waals surface area contributed by atoms with Crippen molar-refractivity contribution in [1.29, 1.82) is 0 Å². The highest BCUT2D eigenvalue weighted by molar-refractivity contribution is 5.75. The Kier molecular flexibility index (Phi) is 3.73. The van der Waals surface area contributed by atoms with Crippen molar-refractivity contribution < 1.29 is 4.74 Å². The highest BCUT2D eigenvalue weighted by Gasteiger charge is 2.09. The van der Waals surface area contributed by atoms with Gasteiger partial charge < -0.3 is 4.74 Å². The average Bonchev–Trinajstić information content (AvgIpc) is 3.09. The van der Waals surface area contributed by atoms with Gasteiger partial charge in [0.2, 0.25) is 0 Å². The van der Waals surface area contributed by atoms with Crippen molar-refractivity contribution in [1.82, 2.24) is 10.2 Å². The molecule has 0 bridgehead atoms. The van der Waals surface area contributed by atoms with Crippen molar-refractivity contribution in [3.8, 4) is 28.1 Å². The van der Waals surface area contributed by atoms with Crippen molar-refractivity contribution in [2.24, 2.45) is 0 Å². The second-order valence-electron chi connectivity index (χ2n) is 4.93. The number of aryl methyl sites for hydroxylation is 1. The topological polar surface area (TPSA) is 37.9 Å². The first-order chi connectivity index (χ1) is 10.3. The molecule has 0 saturated carbocycles. The molecule has 3 rings (SSSR count). The summed E-state index contributed by atoms with van der Waals surface area (Å²) in [7, 11) is 1.70. The highest BCUT2D eigenvalue weighted by atomic mass is 16.5. The maximum atomic E-state index is 5.45. The quantitative estimate of drug-likeness (QED) is 0.772. The summed E-state index contributed by atoms with van der Waals surface area (Å²) in [5.74, 6) is 0.850. The van der Waals surface area contributed by atoms with E-state index in [2.05, 4.69) is 53.5 Å². The Morgan fingerprint density at radius 3 is 2.57 bits per heavy atom. The maximum Gasteiger partial charge on any atom is 0.120 e. The van der Waals surface area contributed by atoms with Gasteiger partial charge in [-0.1, -0.05) is 31.2 Å². The predicted octanol–water partition coefficient (Wildman–Crippen LogP) is 4.31. The average molecular weight is 278 g/mol. The lowest BCUT2D eigenvalue weighted by atomic mass is 9.96. The van der Waals surface area contributed by atoms with Gasteiger partial charge in [-0.2, -0.15) is 5.10 Å². The molecule has 0 fully saturated rings. The van der Waals surface area contributed by atoms with Gasteiger partial charge in [-0.05, 0) is 47.4 Å². The van der Waals surface area contributed by atoms with Crippen molar-refractivity contribution >= 4 is 0 Å². The van der Waals surface area contributed by atoms with E-state index in [-0.39, 0.29) is 0 Å². The first kappa shape index (κ1) is 13.4. The molecule has 0 aliphatic rings. The van der Waals surface area contributed by atoms with E-state index in [0.717, 1.165) is 29.0 Å². The van der Waals surface area contributed by atoms with Crippen LogP contribution in [0, 0.1) is 0 Å². The van der Waals surface area contributed by atoms with Crippen LogP contribution in [0.15, 0.2) is 54.7 Å². The van der Waals surface area contributed by atoms with E-state index >= 15 is 0 Å². The van der Waals surface area contributed by atoms with E-state index in [4.69, 9.17) is 4.74 Å². The van der Waals surface area contributed by atoms with Crippen LogP contribution in [0.25, 0.3) is 22.4 Å². The van der Waals surface area contributed by atoms with E-state index in [1.165, 1.54) is 11.1 Å². The third kappa shape index (κ3) is 2.68. The first-order valence-electron chi connectivity index (χ1n) is 7.09. The monoisotopic (exact) mass is 278 g/mol. The van der Waals surface area contributed by atoms with Gasteiger partial charge in [0.25, 0.3) is 0 Å². The fourth-order valence-electron chi connectivity index (χ4n) is 2.55. The zero-order chi connectivity index (χ0) is 14.7. The lowest BCUT2D eigenvalue weighted by molar-refractivity contribution is 0.415. The number of benzene rings is 2. The van der Waals surface area contributed by atoms with Crippen molar-refractivity contribution in [2.45, 2.75) is 13.3 Å². The van der Waals surface area contributed by atoms with Gasteiger partial charge in [0.05, 0.1) is 12.8 Å². The fraction of sp³-hybridized carbons (Fsp3) is 0.167. The summed E-state index contributed by atoms with van der Waals surface area (Å²) in [5, 5.41) is 7.03. The third-order valence-electron chi connectivity index (χ3n) is 3.66. The standard InChI is InChI=1S/C18H18N2O/c1-3-13-6-4-5-7-17(13)14-10-15(12-16(11-14)21-2)18-8-9-19-20-18/h4-12H,3H2,1-2H3,(H,19,20). The Bertz CT molecular complexity index is 733. The molecule has 0 saturated heterocycles. The smallest absolute Gasteiger partial charge is 0.120 e. The molecule has 0 atom stereocenters. The minimum Gasteiger partial charge on any atom is -0.497 e. The van der Waals surface area contributed by atoms with Gasteiger partial charge in [-0.15, -0.1) is 0 Å². The minimum atomic E-state index is 0.850. The van der Waals surface area contributed by atoms with Crippen LogP contribution in [-0.2, 0) is 6.42 Å². The molecule has 3 aromatic rings. The number of rotatable bonds is 4. The SMILES string of the molecule is CCc1ccccc1-c1cc(OC)cc(-c2ccn[nH]2)c1. The number of aromatic amines is 1. The molecule has 0 aliphatic heterocycles. The number of methoxy groups -OCH3 is 1. The zero-order valence-electron chi connectivity index (χ0n) is 12.3. The summed E-state index contributed by atoms with van der Waals surface area (Å²) in [6.07, 6.45) is 2.77. The number of hydrogen-bond donors (Lipinski definition) is 1. The van der Waals surface area contributed by atoms with Crippen LogP contribution in [0.2, 0.25) is 0 Å². The Labute approximate surface area is 124 Å². The molecule has 1 N–H and O–H groups in total. The van der Waals surface area contributed by atoms with Crippen molar-refractivity contribution in [3.63, 3.8) is 0 Å². The minimum absolute atomic E-state index is 0.850. The van der Waals surface area contributed by atoms with Gasteiger partial charge in [0, 0.05) is 11.8 Å². The normalized spacial score (nSPS) is 10.6. The van der Waals surface area contributed by atoms with Gasteiger partial charge >= 0.3 is 0 Å². The number of aromatic nitrogens is 2. The highest BCUT2D eigenvalue weighted by Crippen LogP contribution is 2.32. The summed E-state index contributed by atoms with van der Waals surface area (Å²) in [6.45, 7) is 2.18. The zero-order valence-corrected chi connectivity index (χ0v) is 12.3. The second-order valence-corrected chi connectivity index (χ2v) is 4.93. The maximum absolute atomic E-state index is 5.45. The molecule has 0 aliphatic carbocycles. The first-order valence-corrected chi connectivity index (χ1v) is 7.09. The molecule has 0 amide bonds. The molecule has 1 heterocycles. The van der Waals surface area contributed by atoms with Crippen LogP contribution in [0.4, 0.5) is 0 Å². The number of ether oxygens (including phenoxy) is 1. The number of H-pyrrole nitrogens is 1. The molecule has 3 heteroatoms. The molecular formula is C18H18N2O. The van der Waals surface area contributed by atoms with E-state index < -0.39 is 0 Å². The Hall–Kier alpha value is -2.55. The molecule has 3 nitrogen and oxygen atoms in total. The van der Waals surface area contributed by atoms with E-state index in [9.17, 15) is 0 Å². The van der Waals surface area contributed by atoms with Crippen LogP contribution in [-0.4, -0.2) is 17.3 Å². The van der Waals surface area contributed by atoms with Gasteiger partial charge in [-0.25, -0.2) is 0 Å². The molecule has 0 unspecified atom stereocenters. The third-order valence-corrected chi connectivity index (χ3v) is 3.66. The molecule has 21 heavy (non-hydrogen) atoms. The van der Waals surface area contributed by atoms with Crippen LogP contribution < -0.4 is 4.74 Å². The van der Waals surface area contributed by atoms with Crippen LogP contribution in [0.5, 0.6) is 5.75 Å². The Morgan fingerprint density at radius 2 is 1.86 bits per heavy atom. The van der Waals surface area contributed by atoms with Crippen molar-refractivity contribution in [2.75, 3.05) is 7.11 Å². The summed E-state index contributed by atoms with van der Waals surface area (Å²) < 4.78 is 5.45. The van der Waals surface area contributed by atoms with Crippen LogP contribution in [0.1, 0.15) is 12.5 Å². The second kappa shape index (κ2) is 5.83. The summed E-state index contributed by atoms with van der Waals surface area (Å²) in [6, 6.07) is 16.7. The lowest BCUT2D eigenvalue weighted by Gasteiger charge is -2.11. The largest absolute Gasteiger partial charge is 0.497 e. The summed E-state index contributed by atoms with van der Waals surface area (Å²) in [5.41, 5.74) is 5.81.